The van der Waals surface area contributed by atoms with Crippen molar-refractivity contribution in [2.45, 2.75) is 11.0 Å². The summed E-state index contributed by atoms with van der Waals surface area (Å²) in [6.07, 6.45) is -1.79. The summed E-state index contributed by atoms with van der Waals surface area (Å²) >= 11 is 0. The molecule has 1 aliphatic rings. The Kier molecular flexibility index (Phi) is 3.98. The summed E-state index contributed by atoms with van der Waals surface area (Å²) in [5.74, 6) is -2.46. The van der Waals surface area contributed by atoms with E-state index in [1.165, 1.54) is 42.5 Å². The SMILES string of the molecule is O=C(O)C1Oc2ccccc2C(F)=C1NS(=O)(=O)c1ccccc1. The van der Waals surface area contributed by atoms with Crippen molar-refractivity contribution in [3.8, 4) is 5.75 Å². The predicted molar refractivity (Wildman–Crippen MR) is 83.3 cm³/mol. The van der Waals surface area contributed by atoms with Crippen LogP contribution in [0.4, 0.5) is 4.39 Å². The molecule has 1 unspecified atom stereocenters. The third-order valence-electron chi connectivity index (χ3n) is 3.39. The number of carboxylic acid groups (broad SMARTS) is 1. The highest BCUT2D eigenvalue weighted by molar-refractivity contribution is 7.89. The first-order chi connectivity index (χ1) is 11.4. The van der Waals surface area contributed by atoms with Crippen LogP contribution < -0.4 is 9.46 Å². The number of hydrogen-bond acceptors (Lipinski definition) is 4. The lowest BCUT2D eigenvalue weighted by Gasteiger charge is -2.26. The predicted octanol–water partition coefficient (Wildman–Crippen LogP) is 2.15. The van der Waals surface area contributed by atoms with E-state index in [9.17, 15) is 22.7 Å². The number of para-hydroxylation sites is 1. The van der Waals surface area contributed by atoms with E-state index in [2.05, 4.69) is 0 Å². The Labute approximate surface area is 137 Å². The van der Waals surface area contributed by atoms with Crippen LogP contribution in [-0.2, 0) is 14.8 Å². The number of nitrogens with one attached hydrogen (secondary N) is 1. The molecule has 3 rings (SSSR count). The van der Waals surface area contributed by atoms with Crippen molar-refractivity contribution >= 4 is 21.8 Å². The topological polar surface area (TPSA) is 92.7 Å². The van der Waals surface area contributed by atoms with Gasteiger partial charge >= 0.3 is 5.97 Å². The Hall–Kier alpha value is -2.87. The largest absolute Gasteiger partial charge is 0.478 e. The van der Waals surface area contributed by atoms with E-state index in [-0.39, 0.29) is 16.2 Å². The van der Waals surface area contributed by atoms with Gasteiger partial charge in [0.25, 0.3) is 10.0 Å². The standard InChI is InChI=1S/C16H12FNO5S/c17-13-11-8-4-5-9-12(11)23-15(16(19)20)14(13)18-24(21,22)10-6-2-1-3-7-10/h1-9,15,18H,(H,19,20). The molecule has 24 heavy (non-hydrogen) atoms. The van der Waals surface area contributed by atoms with Crippen molar-refractivity contribution in [2.24, 2.45) is 0 Å². The monoisotopic (exact) mass is 349 g/mol. The van der Waals surface area contributed by atoms with Gasteiger partial charge < -0.3 is 9.84 Å². The Bertz CT molecular complexity index is 924. The molecule has 6 nitrogen and oxygen atoms in total. The average Bonchev–Trinajstić information content (AvgIpc) is 2.58. The Morgan fingerprint density at radius 1 is 1.08 bits per heavy atom. The molecule has 2 aromatic rings. The van der Waals surface area contributed by atoms with Crippen LogP contribution in [0.5, 0.6) is 5.75 Å². The van der Waals surface area contributed by atoms with Crippen LogP contribution in [0.15, 0.2) is 65.2 Å². The van der Waals surface area contributed by atoms with Gasteiger partial charge in [-0.2, -0.15) is 0 Å². The summed E-state index contributed by atoms with van der Waals surface area (Å²) in [4.78, 5) is 11.3. The molecule has 0 radical (unpaired) electrons. The Balaban J connectivity index is 2.08. The smallest absolute Gasteiger partial charge is 0.351 e. The van der Waals surface area contributed by atoms with Crippen molar-refractivity contribution in [1.29, 1.82) is 0 Å². The van der Waals surface area contributed by atoms with Gasteiger partial charge in [-0.25, -0.2) is 17.6 Å². The second-order valence-electron chi connectivity index (χ2n) is 4.98. The highest BCUT2D eigenvalue weighted by Crippen LogP contribution is 2.36. The van der Waals surface area contributed by atoms with E-state index in [0.717, 1.165) is 0 Å². The van der Waals surface area contributed by atoms with Crippen LogP contribution in [0.25, 0.3) is 5.83 Å². The molecule has 2 N–H and O–H groups in total. The number of hydrogen-bond donors (Lipinski definition) is 2. The van der Waals surface area contributed by atoms with E-state index in [4.69, 9.17) is 4.74 Å². The lowest BCUT2D eigenvalue weighted by Crippen LogP contribution is -2.40. The normalized spacial score (nSPS) is 17.0. The maximum atomic E-state index is 14.7. The lowest BCUT2D eigenvalue weighted by atomic mass is 10.1. The van der Waals surface area contributed by atoms with Gasteiger partial charge in [0.1, 0.15) is 11.4 Å². The summed E-state index contributed by atoms with van der Waals surface area (Å²) in [6.45, 7) is 0. The van der Waals surface area contributed by atoms with Gasteiger partial charge in [-0.3, -0.25) is 4.72 Å². The summed E-state index contributed by atoms with van der Waals surface area (Å²) in [7, 11) is -4.15. The highest BCUT2D eigenvalue weighted by atomic mass is 32.2. The number of carboxylic acids is 1. The van der Waals surface area contributed by atoms with Crippen molar-refractivity contribution in [3.05, 3.63) is 65.9 Å². The van der Waals surface area contributed by atoms with Gasteiger partial charge in [-0.05, 0) is 24.3 Å². The number of aliphatic carboxylic acids is 1. The molecule has 1 heterocycles. The van der Waals surface area contributed by atoms with Crippen molar-refractivity contribution in [2.75, 3.05) is 0 Å². The fourth-order valence-electron chi connectivity index (χ4n) is 2.27. The molecule has 0 aromatic heterocycles. The first kappa shape index (κ1) is 16.0. The molecule has 0 aliphatic carbocycles. The van der Waals surface area contributed by atoms with E-state index in [1.807, 2.05) is 4.72 Å². The first-order valence-corrected chi connectivity index (χ1v) is 8.35. The number of sulfonamides is 1. The minimum atomic E-state index is -4.15. The van der Waals surface area contributed by atoms with Crippen molar-refractivity contribution in [3.63, 3.8) is 0 Å². The summed E-state index contributed by atoms with van der Waals surface area (Å²) in [6, 6.07) is 13.1. The molecule has 8 heteroatoms. The van der Waals surface area contributed by atoms with Gasteiger partial charge in [0.05, 0.1) is 10.5 Å². The number of benzene rings is 2. The third-order valence-corrected chi connectivity index (χ3v) is 4.77. The molecule has 0 saturated heterocycles. The molecule has 1 aliphatic heterocycles. The second kappa shape index (κ2) is 5.97. The van der Waals surface area contributed by atoms with Gasteiger partial charge in [0.15, 0.2) is 5.83 Å². The van der Waals surface area contributed by atoms with E-state index in [0.29, 0.717) is 0 Å². The maximum absolute atomic E-state index is 14.7. The van der Waals surface area contributed by atoms with E-state index >= 15 is 0 Å². The van der Waals surface area contributed by atoms with Gasteiger partial charge in [0.2, 0.25) is 6.10 Å². The number of rotatable bonds is 4. The van der Waals surface area contributed by atoms with Gasteiger partial charge in [0, 0.05) is 0 Å². The summed E-state index contributed by atoms with van der Waals surface area (Å²) < 4.78 is 46.7. The van der Waals surface area contributed by atoms with Gasteiger partial charge in [-0.15, -0.1) is 0 Å². The minimum absolute atomic E-state index is 0.0132. The zero-order valence-electron chi connectivity index (χ0n) is 12.1. The molecule has 0 saturated carbocycles. The third kappa shape index (κ3) is 2.83. The maximum Gasteiger partial charge on any atom is 0.351 e. The Morgan fingerprint density at radius 3 is 2.38 bits per heavy atom. The summed E-state index contributed by atoms with van der Waals surface area (Å²) in [5, 5.41) is 9.26. The average molecular weight is 349 g/mol. The second-order valence-corrected chi connectivity index (χ2v) is 6.66. The van der Waals surface area contributed by atoms with Crippen LogP contribution in [0, 0.1) is 0 Å². The first-order valence-electron chi connectivity index (χ1n) is 6.86. The fraction of sp³-hybridized carbons (Fsp3) is 0.0625. The Morgan fingerprint density at radius 2 is 1.71 bits per heavy atom. The van der Waals surface area contributed by atoms with Crippen LogP contribution in [-0.4, -0.2) is 25.6 Å². The molecule has 0 bridgehead atoms. The number of fused-ring (bicyclic) bond motifs is 1. The minimum Gasteiger partial charge on any atom is -0.478 e. The lowest BCUT2D eigenvalue weighted by molar-refractivity contribution is -0.143. The molecular formula is C16H12FNO5S. The van der Waals surface area contributed by atoms with Crippen molar-refractivity contribution < 1.29 is 27.4 Å². The zero-order chi connectivity index (χ0) is 17.3. The van der Waals surface area contributed by atoms with E-state index in [1.54, 1.807) is 12.1 Å². The molecule has 0 amide bonds. The van der Waals surface area contributed by atoms with Crippen molar-refractivity contribution in [1.82, 2.24) is 4.72 Å². The summed E-state index contributed by atoms with van der Waals surface area (Å²) in [5.41, 5.74) is -0.675. The quantitative estimate of drug-likeness (QED) is 0.882. The van der Waals surface area contributed by atoms with E-state index < -0.39 is 33.6 Å². The zero-order valence-corrected chi connectivity index (χ0v) is 13.0. The van der Waals surface area contributed by atoms with Crippen LogP contribution >= 0.6 is 0 Å². The highest BCUT2D eigenvalue weighted by Gasteiger charge is 2.36. The molecule has 2 aromatic carbocycles. The van der Waals surface area contributed by atoms with Crippen LogP contribution in [0.3, 0.4) is 0 Å². The van der Waals surface area contributed by atoms with Crippen LogP contribution in [0.1, 0.15) is 5.56 Å². The van der Waals surface area contributed by atoms with Crippen LogP contribution in [0.2, 0.25) is 0 Å². The molecule has 0 fully saturated rings. The van der Waals surface area contributed by atoms with Gasteiger partial charge in [-0.1, -0.05) is 30.3 Å². The molecular weight excluding hydrogens is 337 g/mol. The number of ether oxygens (including phenoxy) is 1. The fourth-order valence-corrected chi connectivity index (χ4v) is 3.39. The molecule has 0 spiro atoms. The molecule has 1 atom stereocenters. The molecule has 124 valence electrons. The number of halogens is 1. The number of carbonyl (C=O) groups is 1.